The molecule has 1 atom stereocenters. The van der Waals surface area contributed by atoms with E-state index in [1.54, 1.807) is 0 Å². The van der Waals surface area contributed by atoms with E-state index in [0.717, 1.165) is 5.56 Å². The molecule has 6 nitrogen and oxygen atoms in total. The molecule has 0 spiro atoms. The van der Waals surface area contributed by atoms with Crippen LogP contribution in [0.3, 0.4) is 0 Å². The summed E-state index contributed by atoms with van der Waals surface area (Å²) in [6.45, 7) is 4.24. The Morgan fingerprint density at radius 2 is 1.71 bits per heavy atom. The first-order valence-corrected chi connectivity index (χ1v) is 8.18. The number of carbonyl (C=O) groups excluding carboxylic acids is 2. The van der Waals surface area contributed by atoms with Gasteiger partial charge in [0.05, 0.1) is 12.3 Å². The highest BCUT2D eigenvalue weighted by Gasteiger charge is 2.19. The van der Waals surface area contributed by atoms with Gasteiger partial charge in [-0.1, -0.05) is 44.2 Å². The van der Waals surface area contributed by atoms with Crippen LogP contribution in [0.2, 0.25) is 0 Å². The summed E-state index contributed by atoms with van der Waals surface area (Å²) in [5.74, 6) is -1.63. The summed E-state index contributed by atoms with van der Waals surface area (Å²) in [6, 6.07) is 9.35. The second kappa shape index (κ2) is 10.4. The molecule has 0 saturated carbocycles. The number of amides is 2. The fourth-order valence-electron chi connectivity index (χ4n) is 2.33. The molecular weight excluding hydrogens is 308 g/mol. The molecule has 1 aromatic carbocycles. The van der Waals surface area contributed by atoms with Crippen molar-refractivity contribution in [3.63, 3.8) is 0 Å². The number of benzene rings is 1. The van der Waals surface area contributed by atoms with Gasteiger partial charge in [-0.25, -0.2) is 0 Å². The van der Waals surface area contributed by atoms with Crippen LogP contribution >= 0.6 is 0 Å². The molecule has 2 amide bonds. The smallest absolute Gasteiger partial charge is 0.308 e. The third-order valence-electron chi connectivity index (χ3n) is 3.53. The molecule has 1 rings (SSSR count). The van der Waals surface area contributed by atoms with Crippen LogP contribution in [0.5, 0.6) is 0 Å². The highest BCUT2D eigenvalue weighted by molar-refractivity contribution is 5.80. The van der Waals surface area contributed by atoms with Crippen molar-refractivity contribution in [2.24, 2.45) is 11.8 Å². The number of aliphatic carboxylic acids is 1. The minimum absolute atomic E-state index is 0.115. The Labute approximate surface area is 142 Å². The first kappa shape index (κ1) is 19.7. The van der Waals surface area contributed by atoms with Crippen LogP contribution in [0.25, 0.3) is 0 Å². The van der Waals surface area contributed by atoms with Gasteiger partial charge >= 0.3 is 5.97 Å². The van der Waals surface area contributed by atoms with Crippen molar-refractivity contribution in [3.8, 4) is 0 Å². The van der Waals surface area contributed by atoms with Gasteiger partial charge in [-0.2, -0.15) is 0 Å². The molecule has 132 valence electrons. The maximum absolute atomic E-state index is 11.8. The van der Waals surface area contributed by atoms with E-state index in [9.17, 15) is 14.4 Å². The summed E-state index contributed by atoms with van der Waals surface area (Å²) in [5, 5.41) is 14.4. The fraction of sp³-hybridized carbons (Fsp3) is 0.500. The number of nitrogens with one attached hydrogen (secondary N) is 2. The molecule has 0 aromatic heterocycles. The minimum atomic E-state index is -0.903. The SMILES string of the molecule is CC(C)CC(CNC(=O)CCNC(=O)Cc1ccccc1)C(=O)O. The monoisotopic (exact) mass is 334 g/mol. The van der Waals surface area contributed by atoms with Crippen molar-refractivity contribution in [2.75, 3.05) is 13.1 Å². The topological polar surface area (TPSA) is 95.5 Å². The highest BCUT2D eigenvalue weighted by Crippen LogP contribution is 2.11. The van der Waals surface area contributed by atoms with Crippen molar-refractivity contribution in [1.82, 2.24) is 10.6 Å². The minimum Gasteiger partial charge on any atom is -0.481 e. The maximum atomic E-state index is 11.8. The van der Waals surface area contributed by atoms with Crippen LogP contribution in [0.4, 0.5) is 0 Å². The summed E-state index contributed by atoms with van der Waals surface area (Å²) >= 11 is 0. The number of hydrogen-bond acceptors (Lipinski definition) is 3. The first-order valence-electron chi connectivity index (χ1n) is 8.18. The summed E-state index contributed by atoms with van der Waals surface area (Å²) < 4.78 is 0. The van der Waals surface area contributed by atoms with Crippen LogP contribution in [0.15, 0.2) is 30.3 Å². The van der Waals surface area contributed by atoms with Gasteiger partial charge in [0, 0.05) is 19.5 Å². The van der Waals surface area contributed by atoms with Gasteiger partial charge in [0.25, 0.3) is 0 Å². The molecule has 3 N–H and O–H groups in total. The zero-order valence-electron chi connectivity index (χ0n) is 14.2. The van der Waals surface area contributed by atoms with Crippen molar-refractivity contribution >= 4 is 17.8 Å². The summed E-state index contributed by atoms with van der Waals surface area (Å²) in [4.78, 5) is 34.6. The summed E-state index contributed by atoms with van der Waals surface area (Å²) in [7, 11) is 0. The Balaban J connectivity index is 2.23. The molecule has 1 aromatic rings. The third-order valence-corrected chi connectivity index (χ3v) is 3.53. The van der Waals surface area contributed by atoms with Gasteiger partial charge in [-0.05, 0) is 17.9 Å². The lowest BCUT2D eigenvalue weighted by molar-refractivity contribution is -0.142. The van der Waals surface area contributed by atoms with E-state index < -0.39 is 11.9 Å². The van der Waals surface area contributed by atoms with Gasteiger partial charge in [-0.15, -0.1) is 0 Å². The second-order valence-electron chi connectivity index (χ2n) is 6.23. The summed E-state index contributed by atoms with van der Waals surface area (Å²) in [6.07, 6.45) is 0.926. The van der Waals surface area contributed by atoms with Gasteiger partial charge < -0.3 is 15.7 Å². The zero-order chi connectivity index (χ0) is 17.9. The number of hydrogen-bond donors (Lipinski definition) is 3. The van der Waals surface area contributed by atoms with E-state index in [1.165, 1.54) is 0 Å². The van der Waals surface area contributed by atoms with E-state index in [2.05, 4.69) is 10.6 Å². The zero-order valence-corrected chi connectivity index (χ0v) is 14.2. The molecule has 0 fully saturated rings. The molecule has 0 saturated heterocycles. The number of carboxylic acid groups (broad SMARTS) is 1. The fourth-order valence-corrected chi connectivity index (χ4v) is 2.33. The van der Waals surface area contributed by atoms with Crippen molar-refractivity contribution in [1.29, 1.82) is 0 Å². The van der Waals surface area contributed by atoms with Gasteiger partial charge in [0.15, 0.2) is 0 Å². The molecule has 6 heteroatoms. The first-order chi connectivity index (χ1) is 11.4. The lowest BCUT2D eigenvalue weighted by Crippen LogP contribution is -2.36. The van der Waals surface area contributed by atoms with E-state index in [-0.39, 0.29) is 43.7 Å². The molecule has 0 heterocycles. The van der Waals surface area contributed by atoms with Crippen LogP contribution in [-0.4, -0.2) is 36.0 Å². The standard InChI is InChI=1S/C18H26N2O4/c1-13(2)10-15(18(23)24)12-20-16(21)8-9-19-17(22)11-14-6-4-3-5-7-14/h3-7,13,15H,8-12H2,1-2H3,(H,19,22)(H,20,21)(H,23,24). The Morgan fingerprint density at radius 3 is 2.29 bits per heavy atom. The lowest BCUT2D eigenvalue weighted by atomic mass is 9.97. The Kier molecular flexibility index (Phi) is 8.54. The molecule has 0 radical (unpaired) electrons. The Morgan fingerprint density at radius 1 is 1.04 bits per heavy atom. The summed E-state index contributed by atoms with van der Waals surface area (Å²) in [5.41, 5.74) is 0.914. The van der Waals surface area contributed by atoms with E-state index >= 15 is 0 Å². The molecule has 0 aliphatic heterocycles. The van der Waals surface area contributed by atoms with Crippen LogP contribution in [0, 0.1) is 11.8 Å². The Bertz CT molecular complexity index is 543. The molecule has 0 aliphatic carbocycles. The lowest BCUT2D eigenvalue weighted by Gasteiger charge is -2.15. The largest absolute Gasteiger partial charge is 0.481 e. The van der Waals surface area contributed by atoms with Crippen molar-refractivity contribution < 1.29 is 19.5 Å². The van der Waals surface area contributed by atoms with E-state index in [4.69, 9.17) is 5.11 Å². The predicted octanol–water partition coefficient (Wildman–Crippen LogP) is 1.60. The quantitative estimate of drug-likeness (QED) is 0.605. The van der Waals surface area contributed by atoms with Crippen molar-refractivity contribution in [2.45, 2.75) is 33.1 Å². The van der Waals surface area contributed by atoms with E-state index in [0.29, 0.717) is 6.42 Å². The van der Waals surface area contributed by atoms with Crippen LogP contribution < -0.4 is 10.6 Å². The second-order valence-corrected chi connectivity index (χ2v) is 6.23. The van der Waals surface area contributed by atoms with Crippen LogP contribution in [0.1, 0.15) is 32.3 Å². The third kappa shape index (κ3) is 8.31. The highest BCUT2D eigenvalue weighted by atomic mass is 16.4. The normalized spacial score (nSPS) is 11.8. The van der Waals surface area contributed by atoms with Crippen molar-refractivity contribution in [3.05, 3.63) is 35.9 Å². The van der Waals surface area contributed by atoms with Crippen LogP contribution in [-0.2, 0) is 20.8 Å². The van der Waals surface area contributed by atoms with Gasteiger partial charge in [-0.3, -0.25) is 14.4 Å². The number of carbonyl (C=O) groups is 3. The predicted molar refractivity (Wildman–Crippen MR) is 91.4 cm³/mol. The molecule has 0 bridgehead atoms. The number of carboxylic acids is 1. The molecule has 24 heavy (non-hydrogen) atoms. The molecule has 1 unspecified atom stereocenters. The Hall–Kier alpha value is -2.37. The van der Waals surface area contributed by atoms with Gasteiger partial charge in [0.1, 0.15) is 0 Å². The number of rotatable bonds is 10. The maximum Gasteiger partial charge on any atom is 0.308 e. The average molecular weight is 334 g/mol. The van der Waals surface area contributed by atoms with E-state index in [1.807, 2.05) is 44.2 Å². The molecular formula is C18H26N2O4. The molecule has 0 aliphatic rings. The van der Waals surface area contributed by atoms with Gasteiger partial charge in [0.2, 0.25) is 11.8 Å². The average Bonchev–Trinajstić information content (AvgIpc) is 2.51.